The van der Waals surface area contributed by atoms with Crippen LogP contribution in [0.15, 0.2) is 53.4 Å². The molecule has 31 heavy (non-hydrogen) atoms. The van der Waals surface area contributed by atoms with Crippen LogP contribution in [-0.2, 0) is 20.9 Å². The molecule has 0 aromatic heterocycles. The number of rotatable bonds is 8. The molecular formula is C23H22FNO5S. The first-order valence-electron chi connectivity index (χ1n) is 9.70. The quantitative estimate of drug-likeness (QED) is 0.437. The Morgan fingerprint density at radius 1 is 1.13 bits per heavy atom. The topological polar surface area (TPSA) is 72.9 Å². The first-order chi connectivity index (χ1) is 14.8. The standard InChI is InChI=1S/C23H22FNO5S/c1-15(2)13-30-21(26)12-25-22(27)20(31-23(25)28)11-16-7-9-18(10-8-16)29-14-17-5-3-4-6-19(17)24/h3-11,15H,12-14H2,1-2H3/b20-11+. The summed E-state index contributed by atoms with van der Waals surface area (Å²) in [5, 5.41) is -0.511. The van der Waals surface area contributed by atoms with Crippen molar-refractivity contribution >= 4 is 35.0 Å². The van der Waals surface area contributed by atoms with E-state index in [1.807, 2.05) is 13.8 Å². The van der Waals surface area contributed by atoms with E-state index in [0.29, 0.717) is 16.9 Å². The predicted molar refractivity (Wildman–Crippen MR) is 116 cm³/mol. The molecule has 1 heterocycles. The smallest absolute Gasteiger partial charge is 0.326 e. The Labute approximate surface area is 184 Å². The molecule has 0 unspecified atom stereocenters. The number of halogens is 1. The molecule has 0 bridgehead atoms. The minimum absolute atomic E-state index is 0.0951. The number of amides is 2. The van der Waals surface area contributed by atoms with Crippen molar-refractivity contribution < 1.29 is 28.2 Å². The zero-order chi connectivity index (χ0) is 22.4. The number of imide groups is 1. The number of carbonyl (C=O) groups is 3. The molecular weight excluding hydrogens is 421 g/mol. The van der Waals surface area contributed by atoms with Crippen molar-refractivity contribution in [1.29, 1.82) is 0 Å². The van der Waals surface area contributed by atoms with E-state index in [2.05, 4.69) is 0 Å². The van der Waals surface area contributed by atoms with Gasteiger partial charge >= 0.3 is 5.97 Å². The van der Waals surface area contributed by atoms with Crippen LogP contribution in [0.1, 0.15) is 25.0 Å². The maximum atomic E-state index is 13.7. The Morgan fingerprint density at radius 2 is 1.84 bits per heavy atom. The van der Waals surface area contributed by atoms with Gasteiger partial charge in [-0.1, -0.05) is 44.2 Å². The normalized spacial score (nSPS) is 15.1. The molecule has 0 aliphatic carbocycles. The Hall–Kier alpha value is -3.13. The van der Waals surface area contributed by atoms with Crippen molar-refractivity contribution in [3.8, 4) is 5.75 Å². The van der Waals surface area contributed by atoms with E-state index in [0.717, 1.165) is 16.7 Å². The maximum absolute atomic E-state index is 13.7. The highest BCUT2D eigenvalue weighted by molar-refractivity contribution is 8.18. The molecule has 2 aromatic rings. The van der Waals surface area contributed by atoms with E-state index in [-0.39, 0.29) is 29.9 Å². The highest BCUT2D eigenvalue weighted by Gasteiger charge is 2.36. The zero-order valence-corrected chi connectivity index (χ0v) is 18.0. The van der Waals surface area contributed by atoms with Gasteiger partial charge in [-0.05, 0) is 47.5 Å². The van der Waals surface area contributed by atoms with Crippen LogP contribution in [0.2, 0.25) is 0 Å². The number of hydrogen-bond donors (Lipinski definition) is 0. The van der Waals surface area contributed by atoms with Crippen molar-refractivity contribution in [2.45, 2.75) is 20.5 Å². The Kier molecular flexibility index (Phi) is 7.46. The molecule has 0 spiro atoms. The van der Waals surface area contributed by atoms with E-state index in [1.54, 1.807) is 48.5 Å². The highest BCUT2D eigenvalue weighted by atomic mass is 32.2. The van der Waals surface area contributed by atoms with Gasteiger partial charge in [0.2, 0.25) is 0 Å². The molecule has 1 fully saturated rings. The van der Waals surface area contributed by atoms with Gasteiger partial charge in [-0.2, -0.15) is 0 Å². The van der Waals surface area contributed by atoms with Crippen LogP contribution in [0.4, 0.5) is 9.18 Å². The molecule has 1 aliphatic heterocycles. The van der Waals surface area contributed by atoms with Crippen LogP contribution in [0, 0.1) is 11.7 Å². The molecule has 3 rings (SSSR count). The summed E-state index contributed by atoms with van der Waals surface area (Å²) in [7, 11) is 0. The minimum Gasteiger partial charge on any atom is -0.489 e. The van der Waals surface area contributed by atoms with Crippen molar-refractivity contribution in [3.05, 3.63) is 70.4 Å². The number of thioether (sulfide) groups is 1. The number of benzene rings is 2. The first-order valence-corrected chi connectivity index (χ1v) is 10.5. The van der Waals surface area contributed by atoms with E-state index < -0.39 is 23.7 Å². The lowest BCUT2D eigenvalue weighted by molar-refractivity contribution is -0.147. The lowest BCUT2D eigenvalue weighted by Gasteiger charge is -2.12. The second-order valence-electron chi connectivity index (χ2n) is 7.29. The average molecular weight is 443 g/mol. The van der Waals surface area contributed by atoms with E-state index >= 15 is 0 Å². The van der Waals surface area contributed by atoms with Crippen LogP contribution in [0.25, 0.3) is 6.08 Å². The van der Waals surface area contributed by atoms with Crippen molar-refractivity contribution in [2.24, 2.45) is 5.92 Å². The van der Waals surface area contributed by atoms with E-state index in [1.165, 1.54) is 6.07 Å². The van der Waals surface area contributed by atoms with Crippen LogP contribution < -0.4 is 4.74 Å². The van der Waals surface area contributed by atoms with Gasteiger partial charge in [0.05, 0.1) is 11.5 Å². The number of esters is 1. The molecule has 0 radical (unpaired) electrons. The fourth-order valence-corrected chi connectivity index (χ4v) is 3.50. The van der Waals surface area contributed by atoms with Gasteiger partial charge in [-0.25, -0.2) is 4.39 Å². The summed E-state index contributed by atoms with van der Waals surface area (Å²) < 4.78 is 24.3. The SMILES string of the molecule is CC(C)COC(=O)CN1C(=O)S/C(=C/c2ccc(OCc3ccccc3F)cc2)C1=O. The van der Waals surface area contributed by atoms with Gasteiger partial charge in [0.1, 0.15) is 24.7 Å². The van der Waals surface area contributed by atoms with Crippen LogP contribution in [-0.4, -0.2) is 35.2 Å². The molecule has 2 aromatic carbocycles. The number of nitrogens with zero attached hydrogens (tertiary/aromatic N) is 1. The molecule has 0 atom stereocenters. The summed E-state index contributed by atoms with van der Waals surface area (Å²) in [6, 6.07) is 13.2. The monoisotopic (exact) mass is 443 g/mol. The van der Waals surface area contributed by atoms with Crippen molar-refractivity contribution in [1.82, 2.24) is 4.90 Å². The molecule has 8 heteroatoms. The predicted octanol–water partition coefficient (Wildman–Crippen LogP) is 4.64. The van der Waals surface area contributed by atoms with Crippen molar-refractivity contribution in [2.75, 3.05) is 13.2 Å². The van der Waals surface area contributed by atoms with Crippen LogP contribution in [0.3, 0.4) is 0 Å². The second-order valence-corrected chi connectivity index (χ2v) is 8.29. The lowest BCUT2D eigenvalue weighted by Crippen LogP contribution is -2.34. The molecule has 0 N–H and O–H groups in total. The average Bonchev–Trinajstić information content (AvgIpc) is 3.00. The van der Waals surface area contributed by atoms with Crippen LogP contribution >= 0.6 is 11.8 Å². The summed E-state index contributed by atoms with van der Waals surface area (Å²) in [5.74, 6) is -0.772. The van der Waals surface area contributed by atoms with Gasteiger partial charge in [0.15, 0.2) is 0 Å². The minimum atomic E-state index is -0.617. The van der Waals surface area contributed by atoms with Gasteiger partial charge in [0, 0.05) is 5.56 Å². The Balaban J connectivity index is 1.60. The highest BCUT2D eigenvalue weighted by Crippen LogP contribution is 2.32. The summed E-state index contributed by atoms with van der Waals surface area (Å²) in [4.78, 5) is 37.6. The number of carbonyl (C=O) groups excluding carboxylic acids is 3. The third-order valence-corrected chi connectivity index (χ3v) is 5.18. The fraction of sp³-hybridized carbons (Fsp3) is 0.261. The first kappa shape index (κ1) is 22.6. The molecule has 6 nitrogen and oxygen atoms in total. The lowest BCUT2D eigenvalue weighted by atomic mass is 10.2. The summed E-state index contributed by atoms with van der Waals surface area (Å²) in [6.07, 6.45) is 1.57. The maximum Gasteiger partial charge on any atom is 0.326 e. The van der Waals surface area contributed by atoms with Gasteiger partial charge in [-0.3, -0.25) is 19.3 Å². The Bertz CT molecular complexity index is 1000. The summed E-state index contributed by atoms with van der Waals surface area (Å²) in [6.45, 7) is 3.71. The number of hydrogen-bond acceptors (Lipinski definition) is 6. The summed E-state index contributed by atoms with van der Waals surface area (Å²) in [5.41, 5.74) is 1.14. The second kappa shape index (κ2) is 10.3. The fourth-order valence-electron chi connectivity index (χ4n) is 2.66. The molecule has 162 valence electrons. The third kappa shape index (κ3) is 6.18. The largest absolute Gasteiger partial charge is 0.489 e. The number of ether oxygens (including phenoxy) is 2. The summed E-state index contributed by atoms with van der Waals surface area (Å²) >= 11 is 0.774. The zero-order valence-electron chi connectivity index (χ0n) is 17.2. The van der Waals surface area contributed by atoms with E-state index in [4.69, 9.17) is 9.47 Å². The molecule has 2 amide bonds. The third-order valence-electron chi connectivity index (χ3n) is 4.27. The van der Waals surface area contributed by atoms with Gasteiger partial charge < -0.3 is 9.47 Å². The molecule has 1 saturated heterocycles. The molecule has 0 saturated carbocycles. The van der Waals surface area contributed by atoms with Gasteiger partial charge in [0.25, 0.3) is 11.1 Å². The molecule has 1 aliphatic rings. The Morgan fingerprint density at radius 3 is 2.52 bits per heavy atom. The van der Waals surface area contributed by atoms with Crippen molar-refractivity contribution in [3.63, 3.8) is 0 Å². The van der Waals surface area contributed by atoms with Gasteiger partial charge in [-0.15, -0.1) is 0 Å². The van der Waals surface area contributed by atoms with Crippen LogP contribution in [0.5, 0.6) is 5.75 Å². The van der Waals surface area contributed by atoms with E-state index in [9.17, 15) is 18.8 Å².